The number of ether oxygens (including phenoxy) is 1. The molecule has 3 unspecified atom stereocenters. The van der Waals surface area contributed by atoms with Gasteiger partial charge in [0, 0.05) is 11.6 Å². The number of halogens is 1. The van der Waals surface area contributed by atoms with Crippen molar-refractivity contribution in [2.45, 2.75) is 39.2 Å². The van der Waals surface area contributed by atoms with Crippen molar-refractivity contribution in [2.75, 3.05) is 7.11 Å². The summed E-state index contributed by atoms with van der Waals surface area (Å²) in [4.78, 5) is 12.3. The van der Waals surface area contributed by atoms with E-state index in [4.69, 9.17) is 4.74 Å². The van der Waals surface area contributed by atoms with E-state index in [1.165, 1.54) is 6.42 Å². The van der Waals surface area contributed by atoms with Gasteiger partial charge in [0.05, 0.1) is 11.6 Å². The van der Waals surface area contributed by atoms with Crippen molar-refractivity contribution in [2.24, 2.45) is 11.8 Å². The smallest absolute Gasteiger partial charge is 0.251 e. The Morgan fingerprint density at radius 1 is 1.30 bits per heavy atom. The molecule has 1 aromatic rings. The van der Waals surface area contributed by atoms with Crippen LogP contribution in [0.5, 0.6) is 5.75 Å². The molecule has 1 aromatic carbocycles. The van der Waals surface area contributed by atoms with Crippen molar-refractivity contribution in [3.05, 3.63) is 28.2 Å². The van der Waals surface area contributed by atoms with Gasteiger partial charge in [0.1, 0.15) is 5.75 Å². The van der Waals surface area contributed by atoms with Crippen LogP contribution in [0.15, 0.2) is 22.7 Å². The molecule has 0 bridgehead atoms. The molecule has 1 saturated carbocycles. The lowest BCUT2D eigenvalue weighted by Gasteiger charge is -2.32. The average molecular weight is 340 g/mol. The zero-order valence-corrected chi connectivity index (χ0v) is 13.9. The van der Waals surface area contributed by atoms with Crippen LogP contribution in [-0.4, -0.2) is 19.1 Å². The highest BCUT2D eigenvalue weighted by Gasteiger charge is 2.25. The quantitative estimate of drug-likeness (QED) is 0.903. The molecule has 1 fully saturated rings. The van der Waals surface area contributed by atoms with Crippen LogP contribution in [0.4, 0.5) is 0 Å². The molecule has 0 aliphatic heterocycles. The molecule has 20 heavy (non-hydrogen) atoms. The molecule has 3 nitrogen and oxygen atoms in total. The molecule has 2 rings (SSSR count). The highest BCUT2D eigenvalue weighted by molar-refractivity contribution is 9.10. The summed E-state index contributed by atoms with van der Waals surface area (Å²) >= 11 is 3.41. The van der Waals surface area contributed by atoms with Crippen molar-refractivity contribution in [3.63, 3.8) is 0 Å². The fraction of sp³-hybridized carbons (Fsp3) is 0.562. The van der Waals surface area contributed by atoms with Crippen molar-refractivity contribution in [1.29, 1.82) is 0 Å². The molecule has 0 spiro atoms. The number of methoxy groups -OCH3 is 1. The minimum atomic E-state index is 0.0000983. The predicted octanol–water partition coefficient (Wildman–Crippen LogP) is 4.01. The van der Waals surface area contributed by atoms with E-state index in [2.05, 4.69) is 35.1 Å². The number of hydrogen-bond donors (Lipinski definition) is 1. The van der Waals surface area contributed by atoms with E-state index >= 15 is 0 Å². The van der Waals surface area contributed by atoms with E-state index in [0.29, 0.717) is 17.5 Å². The fourth-order valence-electron chi connectivity index (χ4n) is 2.75. The summed E-state index contributed by atoms with van der Waals surface area (Å²) in [5, 5.41) is 3.15. The Morgan fingerprint density at radius 2 is 2.05 bits per heavy atom. The molecule has 0 radical (unpaired) electrons. The van der Waals surface area contributed by atoms with E-state index < -0.39 is 0 Å². The fourth-order valence-corrected chi connectivity index (χ4v) is 3.30. The number of amides is 1. The van der Waals surface area contributed by atoms with Gasteiger partial charge in [0.25, 0.3) is 5.91 Å². The second kappa shape index (κ2) is 6.61. The van der Waals surface area contributed by atoms with Crippen molar-refractivity contribution < 1.29 is 9.53 Å². The molecule has 0 saturated heterocycles. The van der Waals surface area contributed by atoms with Gasteiger partial charge < -0.3 is 10.1 Å². The summed E-state index contributed by atoms with van der Waals surface area (Å²) < 4.78 is 5.98. The first-order chi connectivity index (χ1) is 9.51. The Morgan fingerprint density at radius 3 is 2.65 bits per heavy atom. The van der Waals surface area contributed by atoms with Gasteiger partial charge in [-0.15, -0.1) is 0 Å². The number of nitrogens with one attached hydrogen (secondary N) is 1. The van der Waals surface area contributed by atoms with E-state index in [9.17, 15) is 4.79 Å². The van der Waals surface area contributed by atoms with Gasteiger partial charge in [-0.1, -0.05) is 13.8 Å². The second-order valence-corrected chi connectivity index (χ2v) is 6.64. The predicted molar refractivity (Wildman–Crippen MR) is 84.1 cm³/mol. The number of carbonyl (C=O) groups is 1. The van der Waals surface area contributed by atoms with Gasteiger partial charge in [0.15, 0.2) is 0 Å². The van der Waals surface area contributed by atoms with Crippen molar-refractivity contribution in [1.82, 2.24) is 5.32 Å². The monoisotopic (exact) mass is 339 g/mol. The highest BCUT2D eigenvalue weighted by atomic mass is 79.9. The van der Waals surface area contributed by atoms with Crippen LogP contribution in [0.25, 0.3) is 0 Å². The highest BCUT2D eigenvalue weighted by Crippen LogP contribution is 2.30. The molecule has 3 atom stereocenters. The maximum atomic E-state index is 12.3. The second-order valence-electron chi connectivity index (χ2n) is 5.79. The van der Waals surface area contributed by atoms with Crippen LogP contribution in [-0.2, 0) is 0 Å². The summed E-state index contributed by atoms with van der Waals surface area (Å²) in [5.41, 5.74) is 0.670. The van der Waals surface area contributed by atoms with Gasteiger partial charge >= 0.3 is 0 Å². The number of benzene rings is 1. The third kappa shape index (κ3) is 3.54. The zero-order chi connectivity index (χ0) is 14.7. The van der Waals surface area contributed by atoms with Crippen molar-refractivity contribution >= 4 is 21.8 Å². The van der Waals surface area contributed by atoms with Crippen LogP contribution < -0.4 is 10.1 Å². The summed E-state index contributed by atoms with van der Waals surface area (Å²) in [6.07, 6.45) is 3.34. The summed E-state index contributed by atoms with van der Waals surface area (Å²) in [6, 6.07) is 5.72. The van der Waals surface area contributed by atoms with Crippen LogP contribution in [0.1, 0.15) is 43.5 Å². The first-order valence-corrected chi connectivity index (χ1v) is 7.95. The molecular weight excluding hydrogens is 318 g/mol. The number of hydrogen-bond acceptors (Lipinski definition) is 2. The molecule has 4 heteroatoms. The largest absolute Gasteiger partial charge is 0.496 e. The third-order valence-corrected chi connectivity index (χ3v) is 4.97. The standard InChI is InChI=1S/C16H22BrNO2/c1-10-4-6-13(8-11(10)2)18-16(19)12-5-7-15(20-3)14(17)9-12/h5,7,9-11,13H,4,6,8H2,1-3H3,(H,18,19). The maximum absolute atomic E-state index is 12.3. The Kier molecular flexibility index (Phi) is 5.08. The molecule has 1 aliphatic carbocycles. The minimum absolute atomic E-state index is 0.0000983. The number of rotatable bonds is 3. The van der Waals surface area contributed by atoms with Gasteiger partial charge in [-0.25, -0.2) is 0 Å². The molecular formula is C16H22BrNO2. The summed E-state index contributed by atoms with van der Waals surface area (Å²) in [6.45, 7) is 4.57. The third-order valence-electron chi connectivity index (χ3n) is 4.35. The van der Waals surface area contributed by atoms with E-state index in [1.54, 1.807) is 13.2 Å². The Labute approximate surface area is 129 Å². The first-order valence-electron chi connectivity index (χ1n) is 7.15. The van der Waals surface area contributed by atoms with Gasteiger partial charge in [-0.2, -0.15) is 0 Å². The van der Waals surface area contributed by atoms with Crippen LogP contribution in [0.3, 0.4) is 0 Å². The molecule has 1 amide bonds. The lowest BCUT2D eigenvalue weighted by molar-refractivity contribution is 0.0910. The molecule has 1 N–H and O–H groups in total. The topological polar surface area (TPSA) is 38.3 Å². The van der Waals surface area contributed by atoms with E-state index in [1.807, 2.05) is 12.1 Å². The lowest BCUT2D eigenvalue weighted by Crippen LogP contribution is -2.39. The number of carbonyl (C=O) groups excluding carboxylic acids is 1. The van der Waals surface area contributed by atoms with Crippen molar-refractivity contribution in [3.8, 4) is 5.75 Å². The average Bonchev–Trinajstić information content (AvgIpc) is 2.42. The Bertz CT molecular complexity index is 489. The van der Waals surface area contributed by atoms with Crippen LogP contribution in [0, 0.1) is 11.8 Å². The Balaban J connectivity index is 2.00. The zero-order valence-electron chi connectivity index (χ0n) is 12.3. The maximum Gasteiger partial charge on any atom is 0.251 e. The molecule has 0 heterocycles. The van der Waals surface area contributed by atoms with E-state index in [-0.39, 0.29) is 5.91 Å². The van der Waals surface area contributed by atoms with Gasteiger partial charge in [-0.05, 0) is 65.2 Å². The summed E-state index contributed by atoms with van der Waals surface area (Å²) in [5.74, 6) is 2.18. The van der Waals surface area contributed by atoms with E-state index in [0.717, 1.165) is 29.0 Å². The summed E-state index contributed by atoms with van der Waals surface area (Å²) in [7, 11) is 1.62. The van der Waals surface area contributed by atoms with Gasteiger partial charge in [-0.3, -0.25) is 4.79 Å². The SMILES string of the molecule is COc1ccc(C(=O)NC2CCC(C)C(C)C2)cc1Br. The molecule has 1 aliphatic rings. The lowest BCUT2D eigenvalue weighted by atomic mass is 9.79. The molecule has 110 valence electrons. The van der Waals surface area contributed by atoms with Crippen LogP contribution >= 0.6 is 15.9 Å². The minimum Gasteiger partial charge on any atom is -0.496 e. The first kappa shape index (κ1) is 15.4. The van der Waals surface area contributed by atoms with Gasteiger partial charge in [0.2, 0.25) is 0 Å². The van der Waals surface area contributed by atoms with Crippen LogP contribution in [0.2, 0.25) is 0 Å². The Hall–Kier alpha value is -1.03. The normalized spacial score (nSPS) is 26.1. The molecule has 0 aromatic heterocycles.